The normalized spacial score (nSPS) is 14.6. The molecule has 0 spiro atoms. The zero-order valence-electron chi connectivity index (χ0n) is 11.7. The number of thioether (sulfide) groups is 1. The molecule has 0 bridgehead atoms. The maximum Gasteiger partial charge on any atom is 0.0279 e. The summed E-state index contributed by atoms with van der Waals surface area (Å²) in [6.45, 7) is 0. The average Bonchev–Trinajstić information content (AvgIpc) is 2.55. The maximum absolute atomic E-state index is 5.59. The summed E-state index contributed by atoms with van der Waals surface area (Å²) >= 11 is 7.46. The van der Waals surface area contributed by atoms with Gasteiger partial charge in [0.25, 0.3) is 0 Å². The third-order valence-corrected chi connectivity index (χ3v) is 4.90. The quantitative estimate of drug-likeness (QED) is 0.668. The van der Waals surface area contributed by atoms with Crippen LogP contribution in [0.5, 0.6) is 0 Å². The fourth-order valence-corrected chi connectivity index (χ4v) is 3.84. The second-order valence-corrected chi connectivity index (χ2v) is 6.42. The molecule has 0 heterocycles. The van der Waals surface area contributed by atoms with E-state index in [2.05, 4.69) is 66.7 Å². The monoisotopic (exact) mass is 308 g/mol. The van der Waals surface area contributed by atoms with Gasteiger partial charge < -0.3 is 0 Å². The van der Waals surface area contributed by atoms with Crippen molar-refractivity contribution in [1.82, 2.24) is 0 Å². The van der Waals surface area contributed by atoms with Gasteiger partial charge in [-0.15, -0.1) is 11.8 Å². The van der Waals surface area contributed by atoms with Crippen molar-refractivity contribution in [2.24, 2.45) is 0 Å². The van der Waals surface area contributed by atoms with Crippen LogP contribution in [0, 0.1) is 0 Å². The summed E-state index contributed by atoms with van der Waals surface area (Å²) in [5, 5.41) is 0. The van der Waals surface area contributed by atoms with Gasteiger partial charge in [-0.3, -0.25) is 0 Å². The average molecular weight is 308 g/mol. The lowest BCUT2D eigenvalue weighted by atomic mass is 9.97. The Bertz CT molecular complexity index is 682. The second kappa shape index (κ2) is 6.88. The van der Waals surface area contributed by atoms with Gasteiger partial charge in [0.1, 0.15) is 0 Å². The Morgan fingerprint density at radius 3 is 2.29 bits per heavy atom. The van der Waals surface area contributed by atoms with Gasteiger partial charge in [0, 0.05) is 27.5 Å². The van der Waals surface area contributed by atoms with E-state index in [1.807, 2.05) is 17.8 Å². The van der Waals surface area contributed by atoms with Crippen LogP contribution in [-0.2, 0) is 5.75 Å². The molecule has 1 aliphatic carbocycles. The molecule has 0 nitrogen and oxygen atoms in total. The van der Waals surface area contributed by atoms with Gasteiger partial charge in [-0.05, 0) is 11.1 Å². The van der Waals surface area contributed by atoms with Gasteiger partial charge in [0.15, 0.2) is 0 Å². The summed E-state index contributed by atoms with van der Waals surface area (Å²) in [6.07, 6.45) is 5.25. The standard InChI is InChI=1S/C19H16S2/c20-17-12-7-13-18(19(17)16-10-5-2-6-11-16)21-14-15-8-3-1-4-9-15/h1-11,13H,12,14H2. The Morgan fingerprint density at radius 2 is 1.57 bits per heavy atom. The molecule has 21 heavy (non-hydrogen) atoms. The van der Waals surface area contributed by atoms with E-state index in [9.17, 15) is 0 Å². The number of thiocarbonyl (C=S) groups is 1. The van der Waals surface area contributed by atoms with E-state index in [0.29, 0.717) is 0 Å². The van der Waals surface area contributed by atoms with Crippen LogP contribution in [0.3, 0.4) is 0 Å². The minimum Gasteiger partial charge on any atom is -0.121 e. The lowest BCUT2D eigenvalue weighted by Crippen LogP contribution is -2.04. The van der Waals surface area contributed by atoms with E-state index >= 15 is 0 Å². The molecule has 0 aliphatic heterocycles. The Hall–Kier alpha value is -1.64. The first-order valence-corrected chi connectivity index (χ1v) is 8.40. The van der Waals surface area contributed by atoms with Crippen LogP contribution in [0.2, 0.25) is 0 Å². The minimum absolute atomic E-state index is 0.870. The molecule has 0 saturated carbocycles. The van der Waals surface area contributed by atoms with Gasteiger partial charge in [0.05, 0.1) is 0 Å². The molecule has 0 atom stereocenters. The highest BCUT2D eigenvalue weighted by atomic mass is 32.2. The van der Waals surface area contributed by atoms with Crippen molar-refractivity contribution in [2.75, 3.05) is 0 Å². The van der Waals surface area contributed by atoms with Gasteiger partial charge in [-0.1, -0.05) is 85.0 Å². The van der Waals surface area contributed by atoms with Crippen molar-refractivity contribution in [2.45, 2.75) is 12.2 Å². The molecule has 0 unspecified atom stereocenters. The molecule has 0 fully saturated rings. The van der Waals surface area contributed by atoms with E-state index < -0.39 is 0 Å². The summed E-state index contributed by atoms with van der Waals surface area (Å²) < 4.78 is 0. The first-order chi connectivity index (χ1) is 10.3. The Labute approximate surface area is 135 Å². The summed E-state index contributed by atoms with van der Waals surface area (Å²) in [4.78, 5) is 2.32. The second-order valence-electron chi connectivity index (χ2n) is 4.91. The molecule has 0 N–H and O–H groups in total. The fourth-order valence-electron chi connectivity index (χ4n) is 2.36. The molecule has 0 radical (unpaired) electrons. The summed E-state index contributed by atoms with van der Waals surface area (Å²) in [7, 11) is 0. The first-order valence-electron chi connectivity index (χ1n) is 7.01. The van der Waals surface area contributed by atoms with Crippen molar-refractivity contribution >= 4 is 34.4 Å². The van der Waals surface area contributed by atoms with E-state index in [0.717, 1.165) is 17.0 Å². The van der Waals surface area contributed by atoms with Crippen LogP contribution in [0.1, 0.15) is 17.5 Å². The van der Waals surface area contributed by atoms with Crippen LogP contribution in [0.15, 0.2) is 77.7 Å². The molecular formula is C19H16S2. The number of rotatable bonds is 4. The van der Waals surface area contributed by atoms with E-state index in [1.54, 1.807) is 0 Å². The highest BCUT2D eigenvalue weighted by Gasteiger charge is 2.15. The topological polar surface area (TPSA) is 0 Å². The van der Waals surface area contributed by atoms with Gasteiger partial charge in [-0.25, -0.2) is 0 Å². The van der Waals surface area contributed by atoms with Crippen molar-refractivity contribution < 1.29 is 0 Å². The van der Waals surface area contributed by atoms with Crippen molar-refractivity contribution in [3.8, 4) is 0 Å². The molecule has 1 aliphatic rings. The highest BCUT2D eigenvalue weighted by Crippen LogP contribution is 2.35. The molecule has 2 aromatic rings. The van der Waals surface area contributed by atoms with Gasteiger partial charge in [0.2, 0.25) is 0 Å². The molecule has 3 rings (SSSR count). The number of allylic oxidation sites excluding steroid dienone is 3. The third-order valence-electron chi connectivity index (χ3n) is 3.40. The van der Waals surface area contributed by atoms with E-state index in [4.69, 9.17) is 12.2 Å². The molecular weight excluding hydrogens is 292 g/mol. The van der Waals surface area contributed by atoms with Gasteiger partial charge in [-0.2, -0.15) is 0 Å². The van der Waals surface area contributed by atoms with Crippen LogP contribution < -0.4 is 0 Å². The van der Waals surface area contributed by atoms with Crippen LogP contribution >= 0.6 is 24.0 Å². The Kier molecular flexibility index (Phi) is 4.69. The van der Waals surface area contributed by atoms with Gasteiger partial charge >= 0.3 is 0 Å². The molecule has 104 valence electrons. The first kappa shape index (κ1) is 14.3. The largest absolute Gasteiger partial charge is 0.121 e. The SMILES string of the molecule is S=C1CC=CC(SCc2ccccc2)=C1c1ccccc1. The third kappa shape index (κ3) is 3.52. The molecule has 0 amide bonds. The molecule has 2 heteroatoms. The van der Waals surface area contributed by atoms with Crippen LogP contribution in [0.4, 0.5) is 0 Å². The number of hydrogen-bond acceptors (Lipinski definition) is 2. The predicted molar refractivity (Wildman–Crippen MR) is 97.5 cm³/mol. The minimum atomic E-state index is 0.870. The zero-order valence-corrected chi connectivity index (χ0v) is 13.3. The lowest BCUT2D eigenvalue weighted by molar-refractivity contribution is 1.42. The molecule has 0 saturated heterocycles. The van der Waals surface area contributed by atoms with Crippen molar-refractivity contribution in [1.29, 1.82) is 0 Å². The molecule has 2 aromatic carbocycles. The Balaban J connectivity index is 1.89. The number of hydrogen-bond donors (Lipinski definition) is 0. The lowest BCUT2D eigenvalue weighted by Gasteiger charge is -2.17. The fraction of sp³-hybridized carbons (Fsp3) is 0.105. The highest BCUT2D eigenvalue weighted by molar-refractivity contribution is 8.02. The summed E-state index contributed by atoms with van der Waals surface area (Å²) in [5.74, 6) is 0.972. The van der Waals surface area contributed by atoms with E-state index in [-0.39, 0.29) is 0 Å². The predicted octanol–water partition coefficient (Wildman–Crippen LogP) is 5.66. The van der Waals surface area contributed by atoms with Crippen LogP contribution in [0.25, 0.3) is 5.57 Å². The zero-order chi connectivity index (χ0) is 14.5. The molecule has 0 aromatic heterocycles. The van der Waals surface area contributed by atoms with Crippen molar-refractivity contribution in [3.05, 3.63) is 88.8 Å². The van der Waals surface area contributed by atoms with E-state index in [1.165, 1.54) is 21.6 Å². The summed E-state index contributed by atoms with van der Waals surface area (Å²) in [6, 6.07) is 21.0. The van der Waals surface area contributed by atoms with Crippen LogP contribution in [-0.4, -0.2) is 4.86 Å². The number of benzene rings is 2. The smallest absolute Gasteiger partial charge is 0.0279 e. The van der Waals surface area contributed by atoms with Crippen molar-refractivity contribution in [3.63, 3.8) is 0 Å². The Morgan fingerprint density at radius 1 is 0.905 bits per heavy atom. The maximum atomic E-state index is 5.59. The summed E-state index contributed by atoms with van der Waals surface area (Å²) in [5.41, 5.74) is 3.80.